The van der Waals surface area contributed by atoms with Crippen LogP contribution in [-0.2, 0) is 4.79 Å². The molecule has 0 saturated carbocycles. The number of para-hydroxylation sites is 2. The van der Waals surface area contributed by atoms with Crippen molar-refractivity contribution < 1.29 is 9.53 Å². The molecule has 0 unspecified atom stereocenters. The minimum atomic E-state index is -0.509. The molecule has 0 bridgehead atoms. The molecular formula is C19H20N2O2S. The van der Waals surface area contributed by atoms with Crippen molar-refractivity contribution >= 4 is 28.6 Å². The van der Waals surface area contributed by atoms with E-state index in [1.54, 1.807) is 18.7 Å². The van der Waals surface area contributed by atoms with Crippen LogP contribution >= 0.6 is 11.8 Å². The van der Waals surface area contributed by atoms with E-state index in [0.717, 1.165) is 11.3 Å². The summed E-state index contributed by atoms with van der Waals surface area (Å²) in [6.45, 7) is 2.36. The molecule has 1 atom stereocenters. The smallest absolute Gasteiger partial charge is 0.260 e. The molecular weight excluding hydrogens is 320 g/mol. The highest BCUT2D eigenvalue weighted by molar-refractivity contribution is 7.99. The molecule has 1 heterocycles. The predicted octanol–water partition coefficient (Wildman–Crippen LogP) is 3.84. The molecule has 0 spiro atoms. The maximum absolute atomic E-state index is 12.1. The molecule has 5 heteroatoms. The van der Waals surface area contributed by atoms with Gasteiger partial charge in [0, 0.05) is 34.3 Å². The Bertz CT molecular complexity index is 801. The SMILES string of the molecule is C[C@@H](Oc1ccccc1)C(=O)NCCSc1c[nH]c2ccccc12. The Morgan fingerprint density at radius 2 is 1.92 bits per heavy atom. The van der Waals surface area contributed by atoms with Crippen LogP contribution in [0.1, 0.15) is 6.92 Å². The molecule has 24 heavy (non-hydrogen) atoms. The fraction of sp³-hybridized carbons (Fsp3) is 0.211. The van der Waals surface area contributed by atoms with Crippen molar-refractivity contribution in [2.24, 2.45) is 0 Å². The van der Waals surface area contributed by atoms with Gasteiger partial charge in [0.05, 0.1) is 0 Å². The second-order valence-electron chi connectivity index (χ2n) is 5.41. The molecule has 1 amide bonds. The van der Waals surface area contributed by atoms with Crippen LogP contribution in [-0.4, -0.2) is 29.3 Å². The minimum absolute atomic E-state index is 0.0987. The third kappa shape index (κ3) is 4.11. The second-order valence-corrected chi connectivity index (χ2v) is 6.55. The van der Waals surface area contributed by atoms with Gasteiger partial charge in [-0.2, -0.15) is 0 Å². The summed E-state index contributed by atoms with van der Waals surface area (Å²) < 4.78 is 5.61. The average molecular weight is 340 g/mol. The van der Waals surface area contributed by atoms with Crippen molar-refractivity contribution in [2.45, 2.75) is 17.9 Å². The normalized spacial score (nSPS) is 12.0. The zero-order valence-electron chi connectivity index (χ0n) is 13.5. The zero-order valence-corrected chi connectivity index (χ0v) is 14.3. The fourth-order valence-corrected chi connectivity index (χ4v) is 3.30. The summed E-state index contributed by atoms with van der Waals surface area (Å²) in [5.41, 5.74) is 1.13. The molecule has 2 N–H and O–H groups in total. The van der Waals surface area contributed by atoms with E-state index in [0.29, 0.717) is 12.3 Å². The Labute approximate surface area is 145 Å². The highest BCUT2D eigenvalue weighted by Gasteiger charge is 2.13. The number of benzene rings is 2. The lowest BCUT2D eigenvalue weighted by Gasteiger charge is -2.14. The van der Waals surface area contributed by atoms with E-state index >= 15 is 0 Å². The molecule has 0 aliphatic carbocycles. The summed E-state index contributed by atoms with van der Waals surface area (Å²) in [6.07, 6.45) is 1.50. The van der Waals surface area contributed by atoms with Gasteiger partial charge in [0.1, 0.15) is 5.75 Å². The second kappa shape index (κ2) is 7.93. The Balaban J connectivity index is 1.43. The van der Waals surface area contributed by atoms with Gasteiger partial charge in [0.25, 0.3) is 5.91 Å². The molecule has 1 aromatic heterocycles. The van der Waals surface area contributed by atoms with E-state index < -0.39 is 6.10 Å². The van der Waals surface area contributed by atoms with Crippen LogP contribution in [0.3, 0.4) is 0 Å². The van der Waals surface area contributed by atoms with E-state index in [2.05, 4.69) is 22.4 Å². The van der Waals surface area contributed by atoms with Gasteiger partial charge in [-0.3, -0.25) is 4.79 Å². The summed E-state index contributed by atoms with van der Waals surface area (Å²) in [5.74, 6) is 1.41. The number of aromatic nitrogens is 1. The number of fused-ring (bicyclic) bond motifs is 1. The molecule has 2 aromatic carbocycles. The van der Waals surface area contributed by atoms with Crippen molar-refractivity contribution in [1.82, 2.24) is 10.3 Å². The molecule has 0 fully saturated rings. The van der Waals surface area contributed by atoms with Gasteiger partial charge in [-0.1, -0.05) is 36.4 Å². The number of amides is 1. The van der Waals surface area contributed by atoms with E-state index in [1.165, 1.54) is 10.3 Å². The molecule has 3 aromatic rings. The first-order valence-electron chi connectivity index (χ1n) is 7.92. The van der Waals surface area contributed by atoms with Crippen molar-refractivity contribution in [2.75, 3.05) is 12.3 Å². The highest BCUT2D eigenvalue weighted by Crippen LogP contribution is 2.27. The first kappa shape index (κ1) is 16.5. The fourth-order valence-electron chi connectivity index (χ4n) is 2.40. The Morgan fingerprint density at radius 3 is 2.75 bits per heavy atom. The van der Waals surface area contributed by atoms with Gasteiger partial charge < -0.3 is 15.0 Å². The number of carbonyl (C=O) groups is 1. The molecule has 4 nitrogen and oxygen atoms in total. The van der Waals surface area contributed by atoms with Gasteiger partial charge >= 0.3 is 0 Å². The number of aromatic amines is 1. The Hall–Kier alpha value is -2.40. The summed E-state index contributed by atoms with van der Waals surface area (Å²) >= 11 is 1.73. The standard InChI is InChI=1S/C19H20N2O2S/c1-14(23-15-7-3-2-4-8-15)19(22)20-11-12-24-18-13-21-17-10-6-5-9-16(17)18/h2-10,13-14,21H,11-12H2,1H3,(H,20,22)/t14-/m1/s1. The van der Waals surface area contributed by atoms with Crippen LogP contribution < -0.4 is 10.1 Å². The predicted molar refractivity (Wildman–Crippen MR) is 98.6 cm³/mol. The van der Waals surface area contributed by atoms with Crippen LogP contribution in [0.4, 0.5) is 0 Å². The van der Waals surface area contributed by atoms with E-state index in [9.17, 15) is 4.79 Å². The molecule has 0 radical (unpaired) electrons. The number of H-pyrrole nitrogens is 1. The number of ether oxygens (including phenoxy) is 1. The van der Waals surface area contributed by atoms with Crippen LogP contribution in [0, 0.1) is 0 Å². The summed E-state index contributed by atoms with van der Waals surface area (Å²) in [4.78, 5) is 16.5. The first-order valence-corrected chi connectivity index (χ1v) is 8.91. The third-order valence-corrected chi connectivity index (χ3v) is 4.69. The van der Waals surface area contributed by atoms with E-state index in [4.69, 9.17) is 4.74 Å². The number of hydrogen-bond donors (Lipinski definition) is 2. The van der Waals surface area contributed by atoms with Crippen molar-refractivity contribution in [3.63, 3.8) is 0 Å². The lowest BCUT2D eigenvalue weighted by atomic mass is 10.2. The molecule has 3 rings (SSSR count). The number of rotatable bonds is 7. The molecule has 0 aliphatic heterocycles. The van der Waals surface area contributed by atoms with E-state index in [-0.39, 0.29) is 5.91 Å². The van der Waals surface area contributed by atoms with Gasteiger partial charge in [-0.15, -0.1) is 11.8 Å². The quantitative estimate of drug-likeness (QED) is 0.507. The third-order valence-electron chi connectivity index (χ3n) is 3.64. The van der Waals surface area contributed by atoms with Crippen LogP contribution in [0.5, 0.6) is 5.75 Å². The van der Waals surface area contributed by atoms with Crippen molar-refractivity contribution in [3.05, 3.63) is 60.8 Å². The molecule has 0 saturated heterocycles. The number of thioether (sulfide) groups is 1. The maximum atomic E-state index is 12.1. The molecule has 124 valence electrons. The topological polar surface area (TPSA) is 54.1 Å². The summed E-state index contributed by atoms with van der Waals surface area (Å²) in [6, 6.07) is 17.6. The Morgan fingerprint density at radius 1 is 1.17 bits per heavy atom. The zero-order chi connectivity index (χ0) is 16.8. The first-order chi connectivity index (χ1) is 11.7. The van der Waals surface area contributed by atoms with Gasteiger partial charge in [0.2, 0.25) is 0 Å². The summed E-state index contributed by atoms with van der Waals surface area (Å²) in [7, 11) is 0. The molecule has 0 aliphatic rings. The largest absolute Gasteiger partial charge is 0.481 e. The van der Waals surface area contributed by atoms with Crippen molar-refractivity contribution in [3.8, 4) is 5.75 Å². The van der Waals surface area contributed by atoms with Crippen molar-refractivity contribution in [1.29, 1.82) is 0 Å². The number of carbonyl (C=O) groups excluding carboxylic acids is 1. The highest BCUT2D eigenvalue weighted by atomic mass is 32.2. The van der Waals surface area contributed by atoms with Crippen LogP contribution in [0.2, 0.25) is 0 Å². The lowest BCUT2D eigenvalue weighted by molar-refractivity contribution is -0.127. The van der Waals surface area contributed by atoms with Gasteiger partial charge in [-0.25, -0.2) is 0 Å². The van der Waals surface area contributed by atoms with Crippen LogP contribution in [0.15, 0.2) is 65.7 Å². The van der Waals surface area contributed by atoms with Gasteiger partial charge in [0.15, 0.2) is 6.10 Å². The minimum Gasteiger partial charge on any atom is -0.481 e. The Kier molecular flexibility index (Phi) is 5.43. The summed E-state index contributed by atoms with van der Waals surface area (Å²) in [5, 5.41) is 4.14. The van der Waals surface area contributed by atoms with Gasteiger partial charge in [-0.05, 0) is 25.1 Å². The monoisotopic (exact) mass is 340 g/mol. The number of nitrogens with one attached hydrogen (secondary N) is 2. The maximum Gasteiger partial charge on any atom is 0.260 e. The average Bonchev–Trinajstić information content (AvgIpc) is 3.02. The number of hydrogen-bond acceptors (Lipinski definition) is 3. The van der Waals surface area contributed by atoms with E-state index in [1.807, 2.05) is 48.7 Å². The lowest BCUT2D eigenvalue weighted by Crippen LogP contribution is -2.37. The van der Waals surface area contributed by atoms with Crippen LogP contribution in [0.25, 0.3) is 10.9 Å².